The number of carbonyl (C=O) groups excluding carboxylic acids is 2. The summed E-state index contributed by atoms with van der Waals surface area (Å²) in [6, 6.07) is 5.33. The number of alkyl halides is 3. The Kier molecular flexibility index (Phi) is 4.95. The third-order valence-electron chi connectivity index (χ3n) is 7.35. The number of likely N-dealkylation sites (tertiary alicyclic amines) is 1. The highest BCUT2D eigenvalue weighted by Crippen LogP contribution is 2.51. The van der Waals surface area contributed by atoms with Crippen molar-refractivity contribution in [3.63, 3.8) is 0 Å². The summed E-state index contributed by atoms with van der Waals surface area (Å²) in [4.78, 5) is 28.6. The first kappa shape index (κ1) is 21.5. The Hall–Kier alpha value is -2.76. The number of primary amides is 1. The van der Waals surface area contributed by atoms with Gasteiger partial charge in [-0.05, 0) is 43.9 Å². The number of amides is 2. The van der Waals surface area contributed by atoms with E-state index in [-0.39, 0.29) is 11.3 Å². The monoisotopic (exact) mass is 434 g/mol. The second-order valence-corrected chi connectivity index (χ2v) is 9.39. The van der Waals surface area contributed by atoms with Gasteiger partial charge in [-0.3, -0.25) is 9.59 Å². The molecule has 4 rings (SSSR count). The Morgan fingerprint density at radius 2 is 1.84 bits per heavy atom. The van der Waals surface area contributed by atoms with Crippen LogP contribution in [0.2, 0.25) is 0 Å². The van der Waals surface area contributed by atoms with Crippen LogP contribution in [0, 0.1) is 28.1 Å². The first-order valence-corrected chi connectivity index (χ1v) is 10.4. The number of rotatable bonds is 3. The lowest BCUT2D eigenvalue weighted by Crippen LogP contribution is -2.47. The highest BCUT2D eigenvalue weighted by molar-refractivity contribution is 5.87. The van der Waals surface area contributed by atoms with Gasteiger partial charge in [0, 0.05) is 42.7 Å². The van der Waals surface area contributed by atoms with Crippen LogP contribution in [0.15, 0.2) is 18.2 Å². The van der Waals surface area contributed by atoms with Crippen molar-refractivity contribution in [2.75, 3.05) is 31.1 Å². The van der Waals surface area contributed by atoms with Crippen molar-refractivity contribution >= 4 is 17.5 Å². The second-order valence-electron chi connectivity index (χ2n) is 9.39. The van der Waals surface area contributed by atoms with Crippen molar-refractivity contribution in [3.8, 4) is 6.07 Å². The zero-order chi connectivity index (χ0) is 22.6. The maximum absolute atomic E-state index is 13.3. The highest BCUT2D eigenvalue weighted by Gasteiger charge is 2.56. The van der Waals surface area contributed by atoms with E-state index in [1.807, 2.05) is 11.8 Å². The minimum Gasteiger partial charge on any atom is -0.371 e. The molecule has 1 aromatic carbocycles. The molecule has 31 heavy (non-hydrogen) atoms. The molecule has 6 nitrogen and oxygen atoms in total. The van der Waals surface area contributed by atoms with E-state index >= 15 is 0 Å². The maximum Gasteiger partial charge on any atom is 0.417 e. The molecule has 2 aliphatic heterocycles. The van der Waals surface area contributed by atoms with E-state index in [9.17, 15) is 22.8 Å². The standard InChI is InChI=1S/C22H25F3N4O2/c1-20(4-5-20)19(31)29-12-17(18(27)30)21(13-29)6-8-28(9-7-21)15-3-2-14(11-26)16(10-15)22(23,24)25/h2-3,10,17H,4-9,12-13H2,1H3,(H2,27,30). The molecule has 1 aliphatic carbocycles. The van der Waals surface area contributed by atoms with Gasteiger partial charge in [0.2, 0.25) is 11.8 Å². The lowest BCUT2D eigenvalue weighted by molar-refractivity contribution is -0.138. The van der Waals surface area contributed by atoms with Crippen LogP contribution < -0.4 is 10.6 Å². The summed E-state index contributed by atoms with van der Waals surface area (Å²) in [6.07, 6.45) is -1.79. The summed E-state index contributed by atoms with van der Waals surface area (Å²) < 4.78 is 40.0. The third kappa shape index (κ3) is 3.73. The van der Waals surface area contributed by atoms with Crippen LogP contribution in [0.25, 0.3) is 0 Å². The largest absolute Gasteiger partial charge is 0.417 e. The van der Waals surface area contributed by atoms with Gasteiger partial charge in [0.05, 0.1) is 23.1 Å². The van der Waals surface area contributed by atoms with Crippen LogP contribution in [-0.4, -0.2) is 42.9 Å². The smallest absolute Gasteiger partial charge is 0.371 e. The zero-order valence-corrected chi connectivity index (χ0v) is 17.3. The summed E-state index contributed by atoms with van der Waals surface area (Å²) >= 11 is 0. The molecule has 1 atom stereocenters. The van der Waals surface area contributed by atoms with Gasteiger partial charge in [-0.2, -0.15) is 18.4 Å². The summed E-state index contributed by atoms with van der Waals surface area (Å²) in [7, 11) is 0. The SMILES string of the molecule is CC1(C(=O)N2CC(C(N)=O)C3(CCN(c4ccc(C#N)c(C(F)(F)F)c4)CC3)C2)CC1. The van der Waals surface area contributed by atoms with Gasteiger partial charge in [-0.1, -0.05) is 6.92 Å². The quantitative estimate of drug-likeness (QED) is 0.792. The average Bonchev–Trinajstić information content (AvgIpc) is 3.37. The van der Waals surface area contributed by atoms with E-state index < -0.39 is 34.5 Å². The fraction of sp³-hybridized carbons (Fsp3) is 0.591. The predicted octanol–water partition coefficient (Wildman–Crippen LogP) is 2.91. The molecule has 9 heteroatoms. The summed E-state index contributed by atoms with van der Waals surface area (Å²) in [5, 5.41) is 9.00. The first-order valence-electron chi connectivity index (χ1n) is 10.4. The predicted molar refractivity (Wildman–Crippen MR) is 107 cm³/mol. The van der Waals surface area contributed by atoms with E-state index in [2.05, 4.69) is 0 Å². The molecule has 1 unspecified atom stereocenters. The molecule has 1 aromatic rings. The molecule has 2 N–H and O–H groups in total. The number of nitrogens with two attached hydrogens (primary N) is 1. The van der Waals surface area contributed by atoms with Crippen molar-refractivity contribution in [2.24, 2.45) is 22.5 Å². The number of hydrogen-bond donors (Lipinski definition) is 1. The number of hydrogen-bond acceptors (Lipinski definition) is 4. The second kappa shape index (κ2) is 7.14. The van der Waals surface area contributed by atoms with Crippen LogP contribution in [0.4, 0.5) is 18.9 Å². The van der Waals surface area contributed by atoms with Crippen molar-refractivity contribution in [1.82, 2.24) is 4.90 Å². The van der Waals surface area contributed by atoms with Gasteiger partial charge in [-0.25, -0.2) is 0 Å². The topological polar surface area (TPSA) is 90.4 Å². The van der Waals surface area contributed by atoms with Gasteiger partial charge in [0.1, 0.15) is 0 Å². The van der Waals surface area contributed by atoms with Gasteiger partial charge >= 0.3 is 6.18 Å². The fourth-order valence-electron chi connectivity index (χ4n) is 5.08. The van der Waals surface area contributed by atoms with Gasteiger partial charge < -0.3 is 15.5 Å². The summed E-state index contributed by atoms with van der Waals surface area (Å²) in [5.41, 5.74) is 3.96. The van der Waals surface area contributed by atoms with Crippen molar-refractivity contribution in [3.05, 3.63) is 29.3 Å². The molecular weight excluding hydrogens is 409 g/mol. The van der Waals surface area contributed by atoms with E-state index in [4.69, 9.17) is 11.0 Å². The Labute approximate surface area is 178 Å². The average molecular weight is 434 g/mol. The fourth-order valence-corrected chi connectivity index (χ4v) is 5.08. The minimum atomic E-state index is -4.61. The molecule has 1 spiro atoms. The van der Waals surface area contributed by atoms with Crippen LogP contribution in [0.1, 0.15) is 43.7 Å². The molecule has 0 bridgehead atoms. The molecule has 3 fully saturated rings. The Morgan fingerprint density at radius 1 is 1.19 bits per heavy atom. The Balaban J connectivity index is 1.53. The molecule has 0 aromatic heterocycles. The van der Waals surface area contributed by atoms with E-state index in [0.717, 1.165) is 18.9 Å². The van der Waals surface area contributed by atoms with Crippen molar-refractivity contribution < 1.29 is 22.8 Å². The molecule has 3 aliphatic rings. The normalized spacial score (nSPS) is 24.2. The van der Waals surface area contributed by atoms with Crippen molar-refractivity contribution in [2.45, 2.75) is 38.8 Å². The number of carbonyl (C=O) groups is 2. The van der Waals surface area contributed by atoms with E-state index in [1.165, 1.54) is 12.1 Å². The van der Waals surface area contributed by atoms with E-state index in [1.54, 1.807) is 11.0 Å². The maximum atomic E-state index is 13.3. The number of halogens is 3. The summed E-state index contributed by atoms with van der Waals surface area (Å²) in [6.45, 7) is 3.62. The van der Waals surface area contributed by atoms with Crippen LogP contribution in [0.3, 0.4) is 0 Å². The summed E-state index contributed by atoms with van der Waals surface area (Å²) in [5.74, 6) is -0.810. The minimum absolute atomic E-state index is 0.0694. The van der Waals surface area contributed by atoms with Crippen LogP contribution in [0.5, 0.6) is 0 Å². The van der Waals surface area contributed by atoms with E-state index in [0.29, 0.717) is 44.7 Å². The molecule has 0 radical (unpaired) electrons. The van der Waals surface area contributed by atoms with Gasteiger partial charge in [0.25, 0.3) is 0 Å². The lowest BCUT2D eigenvalue weighted by atomic mass is 9.70. The van der Waals surface area contributed by atoms with Gasteiger partial charge in [0.15, 0.2) is 0 Å². The molecule has 2 saturated heterocycles. The number of benzene rings is 1. The lowest BCUT2D eigenvalue weighted by Gasteiger charge is -2.42. The molecule has 2 amide bonds. The third-order valence-corrected chi connectivity index (χ3v) is 7.35. The molecular formula is C22H25F3N4O2. The van der Waals surface area contributed by atoms with Gasteiger partial charge in [-0.15, -0.1) is 0 Å². The van der Waals surface area contributed by atoms with Crippen LogP contribution >= 0.6 is 0 Å². The number of piperidine rings is 1. The molecule has 166 valence electrons. The first-order chi connectivity index (χ1) is 14.5. The number of nitriles is 1. The Morgan fingerprint density at radius 3 is 2.35 bits per heavy atom. The highest BCUT2D eigenvalue weighted by atomic mass is 19.4. The molecule has 2 heterocycles. The Bertz CT molecular complexity index is 956. The number of anilines is 1. The molecule has 1 saturated carbocycles. The number of nitrogens with zero attached hydrogens (tertiary/aromatic N) is 3. The zero-order valence-electron chi connectivity index (χ0n) is 17.3. The van der Waals surface area contributed by atoms with Crippen LogP contribution in [-0.2, 0) is 15.8 Å². The van der Waals surface area contributed by atoms with Crippen molar-refractivity contribution in [1.29, 1.82) is 5.26 Å².